The normalized spacial score (nSPS) is 17.5. The van der Waals surface area contributed by atoms with E-state index in [9.17, 15) is 31.1 Å². The van der Waals surface area contributed by atoms with Gasteiger partial charge in [0, 0.05) is 34.6 Å². The summed E-state index contributed by atoms with van der Waals surface area (Å²) in [5.41, 5.74) is 7.41. The molecule has 0 unspecified atom stereocenters. The van der Waals surface area contributed by atoms with Gasteiger partial charge in [-0.1, -0.05) is 18.5 Å². The van der Waals surface area contributed by atoms with Crippen molar-refractivity contribution in [2.24, 2.45) is 11.7 Å². The van der Waals surface area contributed by atoms with Crippen molar-refractivity contribution < 1.29 is 31.1 Å². The maximum atomic E-state index is 13.4. The lowest BCUT2D eigenvalue weighted by Gasteiger charge is -2.37. The van der Waals surface area contributed by atoms with Crippen LogP contribution in [-0.4, -0.2) is 32.4 Å². The van der Waals surface area contributed by atoms with Gasteiger partial charge in [-0.3, -0.25) is 4.79 Å². The minimum Gasteiger partial charge on any atom is -0.370 e. The molecule has 3 N–H and O–H groups in total. The SMILES string of the molecule is C[C@H](CC(N)=O)C[C@H]1c2[nH]c3ccc(Cl)cc3c2CCN1c1nc(C(F)(F)F)nc(C(F)(F)F)n1. The van der Waals surface area contributed by atoms with Crippen LogP contribution in [0.3, 0.4) is 0 Å². The van der Waals surface area contributed by atoms with Gasteiger partial charge in [-0.2, -0.15) is 36.3 Å². The van der Waals surface area contributed by atoms with Crippen molar-refractivity contribution in [1.29, 1.82) is 0 Å². The maximum Gasteiger partial charge on any atom is 0.451 e. The minimum absolute atomic E-state index is 0.0233. The minimum atomic E-state index is -5.22. The summed E-state index contributed by atoms with van der Waals surface area (Å²) in [4.78, 5) is 25.2. The van der Waals surface area contributed by atoms with E-state index in [2.05, 4.69) is 19.9 Å². The van der Waals surface area contributed by atoms with Crippen LogP contribution >= 0.6 is 11.6 Å². The van der Waals surface area contributed by atoms with E-state index in [0.29, 0.717) is 16.2 Å². The van der Waals surface area contributed by atoms with Crippen LogP contribution in [0, 0.1) is 5.92 Å². The predicted octanol–water partition coefficient (Wildman–Crippen LogP) is 5.05. The first-order valence-electron chi connectivity index (χ1n) is 10.5. The van der Waals surface area contributed by atoms with E-state index >= 15 is 0 Å². The number of anilines is 1. The van der Waals surface area contributed by atoms with Crippen LogP contribution in [0.25, 0.3) is 10.9 Å². The van der Waals surface area contributed by atoms with Gasteiger partial charge in [0.05, 0.1) is 6.04 Å². The molecule has 2 aromatic heterocycles. The number of fused-ring (bicyclic) bond motifs is 3. The smallest absolute Gasteiger partial charge is 0.370 e. The first-order chi connectivity index (χ1) is 16.2. The standard InChI is InChI=1S/C21H19ClF6N6O/c1-9(7-15(29)35)6-14-16-11(12-8-10(22)2-3-13(12)30-16)4-5-34(14)19-32-17(20(23,24)25)31-18(33-19)21(26,27)28/h2-3,8-9,14,30H,4-7H2,1H3,(H2,29,35)/t9-,14-/m0/s1. The molecule has 14 heteroatoms. The molecule has 7 nitrogen and oxygen atoms in total. The molecule has 1 aliphatic heterocycles. The number of halogens is 7. The average molecular weight is 521 g/mol. The van der Waals surface area contributed by atoms with Crippen molar-refractivity contribution in [3.05, 3.63) is 46.1 Å². The molecule has 0 saturated heterocycles. The monoisotopic (exact) mass is 520 g/mol. The Labute approximate surface area is 199 Å². The number of benzene rings is 1. The molecule has 4 rings (SSSR count). The first kappa shape index (κ1) is 25.0. The van der Waals surface area contributed by atoms with Crippen LogP contribution in [0.5, 0.6) is 0 Å². The number of nitrogens with zero attached hydrogens (tertiary/aromatic N) is 4. The van der Waals surface area contributed by atoms with Gasteiger partial charge in [-0.05, 0) is 42.5 Å². The van der Waals surface area contributed by atoms with Gasteiger partial charge in [0.1, 0.15) is 0 Å². The summed E-state index contributed by atoms with van der Waals surface area (Å²) in [6, 6.07) is 4.37. The van der Waals surface area contributed by atoms with Gasteiger partial charge in [-0.25, -0.2) is 4.98 Å². The van der Waals surface area contributed by atoms with E-state index in [1.807, 2.05) is 0 Å². The number of aromatic nitrogens is 4. The van der Waals surface area contributed by atoms with Crippen molar-refractivity contribution in [1.82, 2.24) is 19.9 Å². The zero-order valence-corrected chi connectivity index (χ0v) is 18.9. The zero-order valence-electron chi connectivity index (χ0n) is 18.1. The molecule has 1 amide bonds. The van der Waals surface area contributed by atoms with Crippen LogP contribution in [0.2, 0.25) is 5.02 Å². The quantitative estimate of drug-likeness (QED) is 0.459. The number of alkyl halides is 6. The van der Waals surface area contributed by atoms with E-state index in [1.165, 1.54) is 4.90 Å². The number of carbonyl (C=O) groups excluding carboxylic acids is 1. The molecule has 0 aliphatic carbocycles. The molecule has 0 spiro atoms. The fraction of sp³-hybridized carbons (Fsp3) is 0.429. The van der Waals surface area contributed by atoms with Crippen LogP contribution < -0.4 is 10.6 Å². The highest BCUT2D eigenvalue weighted by Gasteiger charge is 2.43. The Kier molecular flexibility index (Phi) is 6.32. The number of rotatable bonds is 5. The second kappa shape index (κ2) is 8.85. The van der Waals surface area contributed by atoms with Gasteiger partial charge in [0.2, 0.25) is 23.5 Å². The highest BCUT2D eigenvalue weighted by atomic mass is 35.5. The van der Waals surface area contributed by atoms with E-state index in [-0.39, 0.29) is 31.7 Å². The third-order valence-electron chi connectivity index (χ3n) is 5.78. The highest BCUT2D eigenvalue weighted by Crippen LogP contribution is 2.41. The van der Waals surface area contributed by atoms with E-state index in [1.54, 1.807) is 25.1 Å². The van der Waals surface area contributed by atoms with Gasteiger partial charge in [0.25, 0.3) is 0 Å². The summed E-state index contributed by atoms with van der Waals surface area (Å²) in [5, 5.41) is 1.27. The summed E-state index contributed by atoms with van der Waals surface area (Å²) in [5.74, 6) is -5.55. The molecule has 188 valence electrons. The Morgan fingerprint density at radius 3 is 2.37 bits per heavy atom. The van der Waals surface area contributed by atoms with Crippen molar-refractivity contribution in [3.63, 3.8) is 0 Å². The summed E-state index contributed by atoms with van der Waals surface area (Å²) in [7, 11) is 0. The number of primary amides is 1. The Balaban J connectivity index is 1.86. The lowest BCUT2D eigenvalue weighted by atomic mass is 9.89. The maximum absolute atomic E-state index is 13.4. The number of hydrogen-bond acceptors (Lipinski definition) is 5. The number of nitrogens with two attached hydrogens (primary N) is 1. The predicted molar refractivity (Wildman–Crippen MR) is 115 cm³/mol. The molecule has 0 saturated carbocycles. The topological polar surface area (TPSA) is 101 Å². The van der Waals surface area contributed by atoms with Crippen LogP contribution in [-0.2, 0) is 23.6 Å². The largest absolute Gasteiger partial charge is 0.451 e. The van der Waals surface area contributed by atoms with Gasteiger partial charge in [0.15, 0.2) is 0 Å². The summed E-state index contributed by atoms with van der Waals surface area (Å²) >= 11 is 6.13. The molecular weight excluding hydrogens is 502 g/mol. The molecule has 3 aromatic rings. The van der Waals surface area contributed by atoms with E-state index in [4.69, 9.17) is 17.3 Å². The second-order valence-electron chi connectivity index (χ2n) is 8.46. The Hall–Kier alpha value is -3.09. The van der Waals surface area contributed by atoms with Crippen LogP contribution in [0.15, 0.2) is 18.2 Å². The van der Waals surface area contributed by atoms with Crippen molar-refractivity contribution in [2.75, 3.05) is 11.4 Å². The highest BCUT2D eigenvalue weighted by molar-refractivity contribution is 6.31. The van der Waals surface area contributed by atoms with Crippen LogP contribution in [0.1, 0.15) is 48.7 Å². The summed E-state index contributed by atoms with van der Waals surface area (Å²) in [6.07, 6.45) is -9.99. The summed E-state index contributed by atoms with van der Waals surface area (Å²) < 4.78 is 80.2. The molecule has 0 radical (unpaired) electrons. The van der Waals surface area contributed by atoms with Crippen molar-refractivity contribution in [3.8, 4) is 0 Å². The lowest BCUT2D eigenvalue weighted by Crippen LogP contribution is -2.39. The van der Waals surface area contributed by atoms with Gasteiger partial charge in [-0.15, -0.1) is 0 Å². The Bertz CT molecular complexity index is 1240. The third-order valence-corrected chi connectivity index (χ3v) is 6.01. The molecule has 1 aliphatic rings. The number of hydrogen-bond donors (Lipinski definition) is 2. The molecule has 0 bridgehead atoms. The zero-order chi connectivity index (χ0) is 25.7. The number of carbonyl (C=O) groups is 1. The average Bonchev–Trinajstić information content (AvgIpc) is 3.10. The number of nitrogens with one attached hydrogen (secondary N) is 1. The molecular formula is C21H19ClF6N6O. The van der Waals surface area contributed by atoms with Crippen molar-refractivity contribution >= 4 is 34.4 Å². The molecule has 2 atom stereocenters. The molecule has 0 fully saturated rings. The lowest BCUT2D eigenvalue weighted by molar-refractivity contribution is -0.155. The van der Waals surface area contributed by atoms with Gasteiger partial charge < -0.3 is 15.6 Å². The second-order valence-corrected chi connectivity index (χ2v) is 8.89. The van der Waals surface area contributed by atoms with Crippen molar-refractivity contribution in [2.45, 2.75) is 44.6 Å². The Morgan fingerprint density at radius 2 is 1.80 bits per heavy atom. The molecule has 1 aromatic carbocycles. The number of aromatic amines is 1. The molecule has 35 heavy (non-hydrogen) atoms. The number of amides is 1. The summed E-state index contributed by atoms with van der Waals surface area (Å²) in [6.45, 7) is 1.74. The fourth-order valence-corrected chi connectivity index (χ4v) is 4.55. The fourth-order valence-electron chi connectivity index (χ4n) is 4.38. The van der Waals surface area contributed by atoms with E-state index < -0.39 is 41.9 Å². The van der Waals surface area contributed by atoms with Crippen LogP contribution in [0.4, 0.5) is 32.3 Å². The van der Waals surface area contributed by atoms with E-state index in [0.717, 1.165) is 10.9 Å². The number of H-pyrrole nitrogens is 1. The molecule has 3 heterocycles. The van der Waals surface area contributed by atoms with Gasteiger partial charge >= 0.3 is 12.4 Å². The third kappa shape index (κ3) is 5.14. The first-order valence-corrected chi connectivity index (χ1v) is 10.9. The Morgan fingerprint density at radius 1 is 1.17 bits per heavy atom.